The number of pyridine rings is 1. The smallest absolute Gasteiger partial charge is 0.168 e. The maximum atomic E-state index is 11.8. The summed E-state index contributed by atoms with van der Waals surface area (Å²) < 4.78 is 1.72. The van der Waals surface area contributed by atoms with Gasteiger partial charge in [0.15, 0.2) is 12.1 Å². The lowest BCUT2D eigenvalue weighted by Gasteiger charge is -2.29. The average Bonchev–Trinajstić information content (AvgIpc) is 3.45. The van der Waals surface area contributed by atoms with Crippen LogP contribution in [0, 0.1) is 0 Å². The van der Waals surface area contributed by atoms with Gasteiger partial charge >= 0.3 is 0 Å². The van der Waals surface area contributed by atoms with Gasteiger partial charge < -0.3 is 15.2 Å². The van der Waals surface area contributed by atoms with Crippen LogP contribution in [0.5, 0.6) is 0 Å². The maximum Gasteiger partial charge on any atom is 0.168 e. The van der Waals surface area contributed by atoms with Crippen LogP contribution < -0.4 is 5.32 Å². The number of carbonyl (C=O) groups is 1. The predicted molar refractivity (Wildman–Crippen MR) is 138 cm³/mol. The Kier molecular flexibility index (Phi) is 7.25. The predicted octanol–water partition coefficient (Wildman–Crippen LogP) is 4.78. The van der Waals surface area contributed by atoms with Gasteiger partial charge in [0.05, 0.1) is 5.69 Å². The molecular formula is C26H33N7O. The molecule has 2 N–H and O–H groups in total. The number of rotatable bonds is 9. The molecule has 4 rings (SSSR count). The summed E-state index contributed by atoms with van der Waals surface area (Å²) in [4.78, 5) is 26.4. The molecule has 3 heterocycles. The Bertz CT molecular complexity index is 1260. The summed E-state index contributed by atoms with van der Waals surface area (Å²) in [5, 5.41) is 8.59. The molecule has 3 aromatic heterocycles. The average molecular weight is 460 g/mol. The molecule has 0 saturated carbocycles. The van der Waals surface area contributed by atoms with Crippen molar-refractivity contribution >= 4 is 34.4 Å². The van der Waals surface area contributed by atoms with Crippen LogP contribution in [-0.2, 0) is 7.05 Å². The Morgan fingerprint density at radius 3 is 2.65 bits per heavy atom. The normalized spacial score (nSPS) is 14.2. The molecule has 3 aromatic rings. The number of allylic oxidation sites excluding steroid dienone is 4. The van der Waals surface area contributed by atoms with Crippen LogP contribution in [-0.4, -0.2) is 56.9 Å². The van der Waals surface area contributed by atoms with E-state index < -0.39 is 0 Å². The summed E-state index contributed by atoms with van der Waals surface area (Å²) in [6.45, 7) is 6.65. The maximum absolute atomic E-state index is 11.8. The van der Waals surface area contributed by atoms with E-state index in [0.717, 1.165) is 56.0 Å². The number of nitrogens with zero attached hydrogens (tertiary/aromatic N) is 5. The number of hydrogen-bond donors (Lipinski definition) is 2. The minimum Gasteiger partial charge on any atom is -0.375 e. The van der Waals surface area contributed by atoms with Gasteiger partial charge in [-0.3, -0.25) is 14.5 Å². The second-order valence-corrected chi connectivity index (χ2v) is 8.56. The van der Waals surface area contributed by atoms with Crippen molar-refractivity contribution in [3.05, 3.63) is 59.3 Å². The zero-order valence-corrected chi connectivity index (χ0v) is 20.4. The van der Waals surface area contributed by atoms with E-state index in [4.69, 9.17) is 0 Å². The first-order valence-corrected chi connectivity index (χ1v) is 11.9. The lowest BCUT2D eigenvalue weighted by atomic mass is 9.95. The van der Waals surface area contributed by atoms with Gasteiger partial charge in [-0.15, -0.1) is 0 Å². The van der Waals surface area contributed by atoms with Gasteiger partial charge in [0.1, 0.15) is 17.0 Å². The summed E-state index contributed by atoms with van der Waals surface area (Å²) in [6, 6.07) is 3.98. The molecule has 0 amide bonds. The highest BCUT2D eigenvalue weighted by molar-refractivity contribution is 6.14. The van der Waals surface area contributed by atoms with E-state index in [1.165, 1.54) is 11.3 Å². The number of carbonyl (C=O) groups excluding carboxylic acids is 1. The Morgan fingerprint density at radius 2 is 2.06 bits per heavy atom. The van der Waals surface area contributed by atoms with Crippen LogP contribution in [0.4, 0.5) is 5.69 Å². The topological polar surface area (TPSA) is 91.2 Å². The van der Waals surface area contributed by atoms with Crippen molar-refractivity contribution in [1.82, 2.24) is 24.6 Å². The fourth-order valence-electron chi connectivity index (χ4n) is 4.45. The van der Waals surface area contributed by atoms with Crippen LogP contribution >= 0.6 is 0 Å². The zero-order valence-electron chi connectivity index (χ0n) is 20.4. The molecule has 8 nitrogen and oxygen atoms in total. The lowest BCUT2D eigenvalue weighted by Crippen LogP contribution is -2.25. The number of aryl methyl sites for hydroxylation is 1. The van der Waals surface area contributed by atoms with Gasteiger partial charge in [0.2, 0.25) is 0 Å². The number of nitrogens with one attached hydrogen (secondary N) is 2. The summed E-state index contributed by atoms with van der Waals surface area (Å²) in [6.07, 6.45) is 13.3. The number of anilines is 1. The second-order valence-electron chi connectivity index (χ2n) is 8.56. The fraction of sp³-hybridized carbons (Fsp3) is 0.385. The first kappa shape index (κ1) is 23.5. The van der Waals surface area contributed by atoms with Gasteiger partial charge in [-0.05, 0) is 55.0 Å². The van der Waals surface area contributed by atoms with Crippen molar-refractivity contribution < 1.29 is 4.79 Å². The first-order chi connectivity index (χ1) is 16.6. The molecule has 0 atom stereocenters. The fourth-order valence-corrected chi connectivity index (χ4v) is 4.45. The molecule has 1 aliphatic rings. The van der Waals surface area contributed by atoms with E-state index in [2.05, 4.69) is 62.3 Å². The molecule has 34 heavy (non-hydrogen) atoms. The Balaban J connectivity index is 1.67. The molecule has 0 bridgehead atoms. The molecule has 0 saturated heterocycles. The number of hydrogen-bond acceptors (Lipinski definition) is 5. The van der Waals surface area contributed by atoms with Crippen LogP contribution in [0.15, 0.2) is 47.4 Å². The number of aromatic nitrogens is 4. The van der Waals surface area contributed by atoms with E-state index in [-0.39, 0.29) is 0 Å². The largest absolute Gasteiger partial charge is 0.375 e. The number of fused-ring (bicyclic) bond motifs is 1. The number of amidine groups is 1. The molecule has 0 fully saturated rings. The quantitative estimate of drug-likeness (QED) is 0.273. The molecule has 178 valence electrons. The molecule has 0 radical (unpaired) electrons. The number of aldehydes is 1. The minimum absolute atomic E-state index is 0.436. The highest BCUT2D eigenvalue weighted by Gasteiger charge is 2.18. The third-order valence-corrected chi connectivity index (χ3v) is 6.11. The van der Waals surface area contributed by atoms with Crippen LogP contribution in [0.3, 0.4) is 0 Å². The van der Waals surface area contributed by atoms with E-state index in [1.54, 1.807) is 11.7 Å². The van der Waals surface area contributed by atoms with Gasteiger partial charge in [-0.25, -0.2) is 4.98 Å². The molecule has 0 spiro atoms. The summed E-state index contributed by atoms with van der Waals surface area (Å²) in [7, 11) is 3.56. The van der Waals surface area contributed by atoms with Crippen LogP contribution in [0.2, 0.25) is 0 Å². The molecule has 0 aliphatic heterocycles. The van der Waals surface area contributed by atoms with Crippen LogP contribution in [0.25, 0.3) is 16.6 Å². The van der Waals surface area contributed by atoms with Gasteiger partial charge in [0.25, 0.3) is 0 Å². The highest BCUT2D eigenvalue weighted by atomic mass is 16.1. The van der Waals surface area contributed by atoms with Gasteiger partial charge in [-0.1, -0.05) is 19.9 Å². The number of H-pyrrole nitrogens is 1. The van der Waals surface area contributed by atoms with E-state index >= 15 is 0 Å². The van der Waals surface area contributed by atoms with Crippen molar-refractivity contribution in [2.45, 2.75) is 39.5 Å². The summed E-state index contributed by atoms with van der Waals surface area (Å²) in [5.74, 6) is 0.589. The molecule has 1 aliphatic carbocycles. The summed E-state index contributed by atoms with van der Waals surface area (Å²) >= 11 is 0. The van der Waals surface area contributed by atoms with E-state index in [1.807, 2.05) is 25.5 Å². The number of aromatic amines is 1. The van der Waals surface area contributed by atoms with Crippen molar-refractivity contribution in [3.8, 4) is 0 Å². The second kappa shape index (κ2) is 10.5. The first-order valence-electron chi connectivity index (χ1n) is 11.9. The monoisotopic (exact) mass is 459 g/mol. The standard InChI is InChI=1S/C26H33N7O/c1-5-12-33(13-6-2)20-9-7-18(8-10-20)19-15-21-24(23(17-34)29-25(21)28-16-19)30-26(27-3)22-11-14-32(4)31-22/h7,9,11,14-17H,5-6,8,10,12-13H2,1-4H3,(H,27,30)(H,28,29). The SMILES string of the molecule is CCCN(CCC)C1=CC=C(c2cnc3[nH]c(C=O)c(NC(=NC)c4ccn(C)n4)c3c2)CC1. The lowest BCUT2D eigenvalue weighted by molar-refractivity contribution is 0.112. The highest BCUT2D eigenvalue weighted by Crippen LogP contribution is 2.33. The minimum atomic E-state index is 0.436. The zero-order chi connectivity index (χ0) is 24.1. The Labute approximate surface area is 200 Å². The number of aliphatic imine (C=N–C) groups is 1. The van der Waals surface area contributed by atoms with E-state index in [9.17, 15) is 4.79 Å². The Morgan fingerprint density at radius 1 is 1.26 bits per heavy atom. The van der Waals surface area contributed by atoms with Crippen molar-refractivity contribution in [1.29, 1.82) is 0 Å². The van der Waals surface area contributed by atoms with E-state index in [0.29, 0.717) is 28.6 Å². The summed E-state index contributed by atoms with van der Waals surface area (Å²) in [5.41, 5.74) is 6.19. The Hall–Kier alpha value is -3.68. The van der Waals surface area contributed by atoms with Gasteiger partial charge in [-0.2, -0.15) is 5.10 Å². The van der Waals surface area contributed by atoms with Crippen molar-refractivity contribution in [2.24, 2.45) is 12.0 Å². The molecule has 0 aromatic carbocycles. The molecule has 8 heteroatoms. The molecular weight excluding hydrogens is 426 g/mol. The van der Waals surface area contributed by atoms with Crippen molar-refractivity contribution in [3.63, 3.8) is 0 Å². The third kappa shape index (κ3) is 4.81. The third-order valence-electron chi connectivity index (χ3n) is 6.11. The van der Waals surface area contributed by atoms with Gasteiger partial charge in [0, 0.05) is 50.7 Å². The van der Waals surface area contributed by atoms with Crippen LogP contribution in [0.1, 0.15) is 61.3 Å². The van der Waals surface area contributed by atoms with Crippen molar-refractivity contribution in [2.75, 3.05) is 25.5 Å². The molecule has 0 unspecified atom stereocenters.